The number of nitrogens with two attached hydrogens (primary N) is 1. The van der Waals surface area contributed by atoms with Crippen molar-refractivity contribution < 1.29 is 4.74 Å². The van der Waals surface area contributed by atoms with Crippen LogP contribution in [0.4, 0.5) is 0 Å². The Morgan fingerprint density at radius 3 is 2.59 bits per heavy atom. The molecule has 29 heavy (non-hydrogen) atoms. The molecule has 0 amide bonds. The zero-order chi connectivity index (χ0) is 20.2. The highest BCUT2D eigenvalue weighted by molar-refractivity contribution is 6.08. The van der Waals surface area contributed by atoms with Gasteiger partial charge in [-0.2, -0.15) is 0 Å². The van der Waals surface area contributed by atoms with Gasteiger partial charge in [-0.15, -0.1) is 0 Å². The zero-order valence-electron chi connectivity index (χ0n) is 17.0. The van der Waals surface area contributed by atoms with Gasteiger partial charge in [-0.25, -0.2) is 4.98 Å². The van der Waals surface area contributed by atoms with E-state index >= 15 is 0 Å². The van der Waals surface area contributed by atoms with Gasteiger partial charge in [-0.3, -0.25) is 0 Å². The second-order valence-electron chi connectivity index (χ2n) is 7.41. The van der Waals surface area contributed by atoms with Gasteiger partial charge in [0.15, 0.2) is 0 Å². The van der Waals surface area contributed by atoms with E-state index in [1.807, 2.05) is 30.5 Å². The van der Waals surface area contributed by atoms with Crippen LogP contribution in [-0.4, -0.2) is 17.1 Å². The molecule has 1 unspecified atom stereocenters. The van der Waals surface area contributed by atoms with Crippen molar-refractivity contribution in [2.75, 3.05) is 7.11 Å². The maximum Gasteiger partial charge on any atom is 0.138 e. The Bertz CT molecular complexity index is 1140. The first kappa shape index (κ1) is 19.2. The molecule has 0 spiro atoms. The van der Waals surface area contributed by atoms with Gasteiger partial charge in [-0.05, 0) is 53.4 Å². The molecule has 4 nitrogen and oxygen atoms in total. The third-order valence-electron chi connectivity index (χ3n) is 5.40. The molecule has 1 atom stereocenters. The lowest BCUT2D eigenvalue weighted by Gasteiger charge is -2.12. The molecule has 0 aliphatic heterocycles. The number of benzene rings is 2. The number of rotatable bonds is 7. The van der Waals surface area contributed by atoms with Crippen molar-refractivity contribution >= 4 is 34.1 Å². The predicted octanol–water partition coefficient (Wildman–Crippen LogP) is 6.09. The highest BCUT2D eigenvalue weighted by atomic mass is 16.5. The fourth-order valence-corrected chi connectivity index (χ4v) is 3.76. The third kappa shape index (κ3) is 4.03. The number of methoxy groups -OCH3 is 1. The molecule has 0 bridgehead atoms. The molecular weight excluding hydrogens is 358 g/mol. The maximum atomic E-state index is 6.53. The van der Waals surface area contributed by atoms with Crippen LogP contribution in [0.15, 0.2) is 54.7 Å². The summed E-state index contributed by atoms with van der Waals surface area (Å²) in [7, 11) is 1.68. The number of pyridine rings is 1. The number of unbranched alkanes of at least 4 members (excludes halogenated alkanes) is 1. The van der Waals surface area contributed by atoms with Crippen LogP contribution in [0.3, 0.4) is 0 Å². The Labute approximate surface area is 171 Å². The Hall–Kier alpha value is -3.11. The highest BCUT2D eigenvalue weighted by Crippen LogP contribution is 2.32. The minimum Gasteiger partial charge on any atom is -0.497 e. The normalized spacial score (nSPS) is 12.8. The van der Waals surface area contributed by atoms with E-state index in [4.69, 9.17) is 10.5 Å². The van der Waals surface area contributed by atoms with Gasteiger partial charge in [0.05, 0.1) is 7.11 Å². The SMILES string of the molecule is CCCCC(N)c1ccnc2[nH]c3ccc(/C=C/c4ccc(OC)cc4)cc3c12. The lowest BCUT2D eigenvalue weighted by Crippen LogP contribution is -2.10. The van der Waals surface area contributed by atoms with Gasteiger partial charge in [-0.1, -0.05) is 50.1 Å². The van der Waals surface area contributed by atoms with Crippen LogP contribution in [0.25, 0.3) is 34.1 Å². The molecule has 2 heterocycles. The van der Waals surface area contributed by atoms with Crippen molar-refractivity contribution in [1.29, 1.82) is 0 Å². The van der Waals surface area contributed by atoms with E-state index in [2.05, 4.69) is 53.3 Å². The standard InChI is InChI=1S/C25H27N3O/c1-3-4-5-22(26)20-14-15-27-25-24(20)21-16-18(10-13-23(21)28-25)7-6-17-8-11-19(29-2)12-9-17/h6-16,22H,3-5,26H2,1-2H3,(H,27,28)/b7-6+. The van der Waals surface area contributed by atoms with Crippen LogP contribution in [0.1, 0.15) is 48.9 Å². The predicted molar refractivity (Wildman–Crippen MR) is 122 cm³/mol. The van der Waals surface area contributed by atoms with Crippen molar-refractivity contribution in [3.05, 3.63) is 71.4 Å². The number of hydrogen-bond donors (Lipinski definition) is 2. The first-order valence-corrected chi connectivity index (χ1v) is 10.2. The summed E-state index contributed by atoms with van der Waals surface area (Å²) in [5.74, 6) is 0.863. The summed E-state index contributed by atoms with van der Waals surface area (Å²) in [5, 5.41) is 2.32. The first-order chi connectivity index (χ1) is 14.2. The first-order valence-electron chi connectivity index (χ1n) is 10.2. The summed E-state index contributed by atoms with van der Waals surface area (Å²) in [6, 6.07) is 16.6. The average molecular weight is 386 g/mol. The van der Waals surface area contributed by atoms with E-state index in [1.165, 1.54) is 10.9 Å². The molecule has 0 saturated heterocycles. The highest BCUT2D eigenvalue weighted by Gasteiger charge is 2.14. The molecule has 3 N–H and O–H groups in total. The van der Waals surface area contributed by atoms with Gasteiger partial charge < -0.3 is 15.5 Å². The molecule has 0 aliphatic carbocycles. The average Bonchev–Trinajstić information content (AvgIpc) is 3.14. The second-order valence-corrected chi connectivity index (χ2v) is 7.41. The van der Waals surface area contributed by atoms with E-state index in [0.29, 0.717) is 0 Å². The van der Waals surface area contributed by atoms with E-state index < -0.39 is 0 Å². The number of aromatic amines is 1. The van der Waals surface area contributed by atoms with Gasteiger partial charge in [0, 0.05) is 28.5 Å². The molecule has 4 heteroatoms. The van der Waals surface area contributed by atoms with Crippen LogP contribution >= 0.6 is 0 Å². The minimum absolute atomic E-state index is 0.0259. The van der Waals surface area contributed by atoms with E-state index in [-0.39, 0.29) is 6.04 Å². The van der Waals surface area contributed by atoms with E-state index in [9.17, 15) is 0 Å². The quantitative estimate of drug-likeness (QED) is 0.379. The number of fused-ring (bicyclic) bond motifs is 3. The Kier molecular flexibility index (Phi) is 5.63. The van der Waals surface area contributed by atoms with Crippen molar-refractivity contribution in [3.63, 3.8) is 0 Å². The van der Waals surface area contributed by atoms with Crippen LogP contribution < -0.4 is 10.5 Å². The summed E-state index contributed by atoms with van der Waals surface area (Å²) >= 11 is 0. The number of H-pyrrole nitrogens is 1. The number of nitrogens with one attached hydrogen (secondary N) is 1. The van der Waals surface area contributed by atoms with Crippen LogP contribution in [-0.2, 0) is 0 Å². The molecular formula is C25H27N3O. The Balaban J connectivity index is 1.72. The summed E-state index contributed by atoms with van der Waals surface area (Å²) in [5.41, 5.74) is 12.0. The minimum atomic E-state index is 0.0259. The molecule has 0 fully saturated rings. The Morgan fingerprint density at radius 2 is 1.83 bits per heavy atom. The van der Waals surface area contributed by atoms with Crippen molar-refractivity contribution in [3.8, 4) is 5.75 Å². The molecule has 4 rings (SSSR count). The topological polar surface area (TPSA) is 63.9 Å². The lowest BCUT2D eigenvalue weighted by molar-refractivity contribution is 0.415. The molecule has 2 aromatic heterocycles. The number of aromatic nitrogens is 2. The molecule has 0 saturated carbocycles. The molecule has 2 aromatic carbocycles. The fraction of sp³-hybridized carbons (Fsp3) is 0.240. The molecule has 148 valence electrons. The van der Waals surface area contributed by atoms with Crippen LogP contribution in [0.5, 0.6) is 5.75 Å². The van der Waals surface area contributed by atoms with Crippen molar-refractivity contribution in [2.45, 2.75) is 32.2 Å². The third-order valence-corrected chi connectivity index (χ3v) is 5.40. The van der Waals surface area contributed by atoms with E-state index in [0.717, 1.165) is 52.7 Å². The summed E-state index contributed by atoms with van der Waals surface area (Å²) in [4.78, 5) is 7.98. The molecule has 0 aliphatic rings. The number of ether oxygens (including phenoxy) is 1. The van der Waals surface area contributed by atoms with Crippen molar-refractivity contribution in [1.82, 2.24) is 9.97 Å². The number of hydrogen-bond acceptors (Lipinski definition) is 3. The van der Waals surface area contributed by atoms with Gasteiger partial charge in [0.2, 0.25) is 0 Å². The van der Waals surface area contributed by atoms with Crippen LogP contribution in [0.2, 0.25) is 0 Å². The van der Waals surface area contributed by atoms with Gasteiger partial charge in [0.1, 0.15) is 11.4 Å². The zero-order valence-corrected chi connectivity index (χ0v) is 17.0. The van der Waals surface area contributed by atoms with E-state index in [1.54, 1.807) is 7.11 Å². The fourth-order valence-electron chi connectivity index (χ4n) is 3.76. The largest absolute Gasteiger partial charge is 0.497 e. The lowest BCUT2D eigenvalue weighted by atomic mass is 9.98. The smallest absolute Gasteiger partial charge is 0.138 e. The van der Waals surface area contributed by atoms with Gasteiger partial charge in [0.25, 0.3) is 0 Å². The monoisotopic (exact) mass is 385 g/mol. The molecule has 0 radical (unpaired) electrons. The van der Waals surface area contributed by atoms with Gasteiger partial charge >= 0.3 is 0 Å². The summed E-state index contributed by atoms with van der Waals surface area (Å²) in [6.45, 7) is 2.20. The van der Waals surface area contributed by atoms with Crippen LogP contribution in [0, 0.1) is 0 Å². The van der Waals surface area contributed by atoms with Crippen molar-refractivity contribution in [2.24, 2.45) is 5.73 Å². The maximum absolute atomic E-state index is 6.53. The Morgan fingerprint density at radius 1 is 1.07 bits per heavy atom. The summed E-state index contributed by atoms with van der Waals surface area (Å²) < 4.78 is 5.22. The number of nitrogens with zero attached hydrogens (tertiary/aromatic N) is 1. The second kappa shape index (κ2) is 8.50. The summed E-state index contributed by atoms with van der Waals surface area (Å²) in [6.07, 6.45) is 9.36. The molecule has 4 aromatic rings.